The van der Waals surface area contributed by atoms with E-state index in [1.807, 2.05) is 12.4 Å². The van der Waals surface area contributed by atoms with Gasteiger partial charge >= 0.3 is 0 Å². The van der Waals surface area contributed by atoms with Crippen molar-refractivity contribution in [1.29, 1.82) is 0 Å². The molecule has 2 heterocycles. The largest absolute Gasteiger partial charge is 0.370 e. The number of aromatic nitrogens is 1. The maximum absolute atomic E-state index is 4.29. The van der Waals surface area contributed by atoms with Crippen molar-refractivity contribution in [3.05, 3.63) is 24.0 Å². The van der Waals surface area contributed by atoms with Crippen LogP contribution in [0.1, 0.15) is 32.3 Å². The third kappa shape index (κ3) is 3.02. The number of rotatable bonds is 3. The minimum absolute atomic E-state index is 0.656. The average Bonchev–Trinajstić information content (AvgIpc) is 2.38. The lowest BCUT2D eigenvalue weighted by atomic mass is 10.0. The van der Waals surface area contributed by atoms with Crippen LogP contribution in [0.3, 0.4) is 0 Å². The third-order valence-corrected chi connectivity index (χ3v) is 4.04. The van der Waals surface area contributed by atoms with Crippen molar-refractivity contribution in [2.75, 3.05) is 25.0 Å². The van der Waals surface area contributed by atoms with Gasteiger partial charge in [-0.25, -0.2) is 0 Å². The van der Waals surface area contributed by atoms with Crippen molar-refractivity contribution in [3.8, 4) is 0 Å². The Morgan fingerprint density at radius 2 is 1.94 bits per heavy atom. The summed E-state index contributed by atoms with van der Waals surface area (Å²) in [5.41, 5.74) is 2.48. The third-order valence-electron chi connectivity index (χ3n) is 4.04. The zero-order valence-corrected chi connectivity index (χ0v) is 12.1. The number of likely N-dealkylation sites (tertiary alicyclic amines) is 1. The summed E-state index contributed by atoms with van der Waals surface area (Å²) in [5, 5.41) is 0. The maximum atomic E-state index is 4.29. The van der Waals surface area contributed by atoms with Crippen LogP contribution in [0.15, 0.2) is 18.5 Å². The summed E-state index contributed by atoms with van der Waals surface area (Å²) >= 11 is 0. The highest BCUT2D eigenvalue weighted by Crippen LogP contribution is 2.22. The zero-order valence-electron chi connectivity index (χ0n) is 12.1. The van der Waals surface area contributed by atoms with Gasteiger partial charge in [0.05, 0.1) is 11.9 Å². The molecular formula is C15H25N3. The molecule has 0 aliphatic carbocycles. The summed E-state index contributed by atoms with van der Waals surface area (Å²) in [4.78, 5) is 9.26. The highest BCUT2D eigenvalue weighted by atomic mass is 15.2. The van der Waals surface area contributed by atoms with E-state index in [0.717, 1.165) is 0 Å². The predicted octanol–water partition coefficient (Wildman–Crippen LogP) is 2.70. The molecule has 1 fully saturated rings. The first kappa shape index (κ1) is 13.3. The Morgan fingerprint density at radius 3 is 2.50 bits per heavy atom. The second-order valence-electron chi connectivity index (χ2n) is 5.69. The zero-order chi connectivity index (χ0) is 13.1. The molecule has 0 radical (unpaired) electrons. The van der Waals surface area contributed by atoms with Gasteiger partial charge in [-0.2, -0.15) is 0 Å². The van der Waals surface area contributed by atoms with E-state index in [4.69, 9.17) is 0 Å². The Balaban J connectivity index is 1.97. The Morgan fingerprint density at radius 1 is 1.28 bits per heavy atom. The Hall–Kier alpha value is -1.09. The molecule has 0 aromatic carbocycles. The van der Waals surface area contributed by atoms with E-state index in [1.165, 1.54) is 37.2 Å². The smallest absolute Gasteiger partial charge is 0.0555 e. The molecule has 0 unspecified atom stereocenters. The fourth-order valence-electron chi connectivity index (χ4n) is 2.73. The van der Waals surface area contributed by atoms with E-state index in [-0.39, 0.29) is 0 Å². The number of pyridine rings is 1. The summed E-state index contributed by atoms with van der Waals surface area (Å²) in [5.74, 6) is 0. The molecule has 3 heteroatoms. The number of hydrogen-bond donors (Lipinski definition) is 0. The number of aryl methyl sites for hydroxylation is 1. The molecule has 0 saturated carbocycles. The van der Waals surface area contributed by atoms with Crippen LogP contribution in [-0.4, -0.2) is 42.1 Å². The quantitative estimate of drug-likeness (QED) is 0.818. The Kier molecular flexibility index (Phi) is 4.23. The molecule has 0 N–H and O–H groups in total. The average molecular weight is 247 g/mol. The molecule has 0 amide bonds. The topological polar surface area (TPSA) is 19.4 Å². The summed E-state index contributed by atoms with van der Waals surface area (Å²) in [7, 11) is 2.20. The molecule has 1 aliphatic rings. The predicted molar refractivity (Wildman–Crippen MR) is 77.1 cm³/mol. The Labute approximate surface area is 111 Å². The lowest BCUT2D eigenvalue weighted by molar-refractivity contribution is 0.171. The molecule has 0 spiro atoms. The normalized spacial score (nSPS) is 18.3. The van der Waals surface area contributed by atoms with Crippen LogP contribution in [0.4, 0.5) is 5.69 Å². The van der Waals surface area contributed by atoms with Gasteiger partial charge in [-0.05, 0) is 45.2 Å². The Bertz CT molecular complexity index is 381. The second kappa shape index (κ2) is 5.70. The second-order valence-corrected chi connectivity index (χ2v) is 5.69. The highest BCUT2D eigenvalue weighted by Gasteiger charge is 2.23. The van der Waals surface area contributed by atoms with E-state index >= 15 is 0 Å². The van der Waals surface area contributed by atoms with Crippen LogP contribution in [0.2, 0.25) is 0 Å². The van der Waals surface area contributed by atoms with E-state index in [1.54, 1.807) is 0 Å². The first-order chi connectivity index (χ1) is 8.58. The van der Waals surface area contributed by atoms with Crippen LogP contribution >= 0.6 is 0 Å². The van der Waals surface area contributed by atoms with Crippen LogP contribution in [0.25, 0.3) is 0 Å². The minimum Gasteiger partial charge on any atom is -0.370 e. The summed E-state index contributed by atoms with van der Waals surface area (Å²) in [6.45, 7) is 9.10. The first-order valence-corrected chi connectivity index (χ1v) is 6.96. The summed E-state index contributed by atoms with van der Waals surface area (Å²) in [6.07, 6.45) is 6.39. The van der Waals surface area contributed by atoms with E-state index in [2.05, 4.69) is 48.7 Å². The van der Waals surface area contributed by atoms with Crippen molar-refractivity contribution in [1.82, 2.24) is 9.88 Å². The molecule has 0 bridgehead atoms. The lowest BCUT2D eigenvalue weighted by Gasteiger charge is -2.39. The molecule has 1 aromatic rings. The van der Waals surface area contributed by atoms with Gasteiger partial charge in [0.1, 0.15) is 0 Å². The number of anilines is 1. The van der Waals surface area contributed by atoms with Crippen LogP contribution in [-0.2, 0) is 0 Å². The number of nitrogens with zero attached hydrogens (tertiary/aromatic N) is 3. The molecule has 18 heavy (non-hydrogen) atoms. The highest BCUT2D eigenvalue weighted by molar-refractivity contribution is 5.46. The van der Waals surface area contributed by atoms with Crippen molar-refractivity contribution < 1.29 is 0 Å². The van der Waals surface area contributed by atoms with Crippen molar-refractivity contribution in [2.24, 2.45) is 0 Å². The van der Waals surface area contributed by atoms with Gasteiger partial charge in [0.25, 0.3) is 0 Å². The fourth-order valence-corrected chi connectivity index (χ4v) is 2.73. The molecule has 1 aliphatic heterocycles. The van der Waals surface area contributed by atoms with Crippen LogP contribution in [0.5, 0.6) is 0 Å². The summed E-state index contributed by atoms with van der Waals surface area (Å²) in [6, 6.07) is 3.56. The van der Waals surface area contributed by atoms with Crippen molar-refractivity contribution in [2.45, 2.75) is 45.7 Å². The maximum Gasteiger partial charge on any atom is 0.0555 e. The van der Waals surface area contributed by atoms with Crippen LogP contribution in [0, 0.1) is 6.92 Å². The minimum atomic E-state index is 0.656. The van der Waals surface area contributed by atoms with Gasteiger partial charge < -0.3 is 9.80 Å². The van der Waals surface area contributed by atoms with E-state index in [9.17, 15) is 0 Å². The molecule has 1 aromatic heterocycles. The van der Waals surface area contributed by atoms with E-state index < -0.39 is 0 Å². The van der Waals surface area contributed by atoms with Gasteiger partial charge in [-0.15, -0.1) is 0 Å². The van der Waals surface area contributed by atoms with Crippen LogP contribution < -0.4 is 4.90 Å². The van der Waals surface area contributed by atoms with Crippen molar-refractivity contribution >= 4 is 5.69 Å². The first-order valence-electron chi connectivity index (χ1n) is 6.96. The fraction of sp³-hybridized carbons (Fsp3) is 0.667. The molecule has 2 rings (SSSR count). The molecular weight excluding hydrogens is 222 g/mol. The van der Waals surface area contributed by atoms with Gasteiger partial charge in [0, 0.05) is 38.4 Å². The van der Waals surface area contributed by atoms with Gasteiger partial charge in [0.15, 0.2) is 0 Å². The lowest BCUT2D eigenvalue weighted by Crippen LogP contribution is -2.45. The number of hydrogen-bond acceptors (Lipinski definition) is 3. The van der Waals surface area contributed by atoms with Gasteiger partial charge in [-0.3, -0.25) is 4.98 Å². The SMILES string of the molecule is Cc1cncc(N(C)C2CCN(C(C)C)CC2)c1. The molecule has 100 valence electrons. The standard InChI is InChI=1S/C15H25N3/c1-12(2)18-7-5-14(6-8-18)17(4)15-9-13(3)10-16-11-15/h9-12,14H,5-8H2,1-4H3. The summed E-state index contributed by atoms with van der Waals surface area (Å²) < 4.78 is 0. The van der Waals surface area contributed by atoms with E-state index in [0.29, 0.717) is 12.1 Å². The molecule has 1 saturated heterocycles. The monoisotopic (exact) mass is 247 g/mol. The van der Waals surface area contributed by atoms with Gasteiger partial charge in [0.2, 0.25) is 0 Å². The number of piperidine rings is 1. The molecule has 3 nitrogen and oxygen atoms in total. The van der Waals surface area contributed by atoms with Gasteiger partial charge in [-0.1, -0.05) is 0 Å². The molecule has 0 atom stereocenters. The van der Waals surface area contributed by atoms with Crippen molar-refractivity contribution in [3.63, 3.8) is 0 Å².